The van der Waals surface area contributed by atoms with Crippen LogP contribution >= 0.6 is 0 Å². The van der Waals surface area contributed by atoms with E-state index in [0.29, 0.717) is 48.9 Å². The number of Topliss-reactive ketones (excluding diaryl/α,β-unsaturated/α-hetero) is 4. The van der Waals surface area contributed by atoms with Crippen LogP contribution in [0.2, 0.25) is 23.2 Å². The van der Waals surface area contributed by atoms with Crippen molar-refractivity contribution >= 4 is 40.3 Å². The van der Waals surface area contributed by atoms with Crippen molar-refractivity contribution in [3.8, 4) is 0 Å². The maximum Gasteiger partial charge on any atom is 2.00 e. The van der Waals surface area contributed by atoms with Crippen LogP contribution in [0.4, 0.5) is 0 Å². The van der Waals surface area contributed by atoms with Gasteiger partial charge in [-0.3, -0.25) is 19.2 Å². The molecule has 2 rings (SSSR count). The van der Waals surface area contributed by atoms with Gasteiger partial charge in [-0.15, -0.1) is 0 Å². The molecule has 0 aliphatic heterocycles. The van der Waals surface area contributed by atoms with Crippen LogP contribution in [0.5, 0.6) is 0 Å². The number of rotatable bonds is 20. The van der Waals surface area contributed by atoms with E-state index in [1.54, 1.807) is 77.0 Å². The molecule has 2 unspecified atom stereocenters. The molecule has 45 heavy (non-hydrogen) atoms. The van der Waals surface area contributed by atoms with E-state index in [2.05, 4.69) is 0 Å². The van der Waals surface area contributed by atoms with Crippen LogP contribution in [0.3, 0.4) is 0 Å². The number of hydrogen-bond donors (Lipinski definition) is 0. The molecule has 8 nitrogen and oxygen atoms in total. The van der Waals surface area contributed by atoms with Gasteiger partial charge in [-0.25, -0.2) is 0 Å². The topological polar surface area (TPSA) is 105 Å². The Kier molecular flexibility index (Phi) is 21.6. The monoisotopic (exact) mass is 839 g/mol. The first-order chi connectivity index (χ1) is 21.1. The predicted molar refractivity (Wildman–Crippen MR) is 179 cm³/mol. The summed E-state index contributed by atoms with van der Waals surface area (Å²) in [7, 11) is 0.370. The molecule has 252 valence electrons. The summed E-state index contributed by atoms with van der Waals surface area (Å²) >= 11 is 0. The number of benzene rings is 2. The molecule has 0 spiro atoms. The SMILES string of the molecule is CCCC(=O)C(C(=O)c1ccccc1)[Si](CCC)(OC)OC.CCCC(=O)C(C(=O)c1ccccc1)[Si](CCC)(OC)OC.[Pt+2]. The summed E-state index contributed by atoms with van der Waals surface area (Å²) in [6.45, 7) is 7.89. The molecule has 0 aliphatic rings. The van der Waals surface area contributed by atoms with Crippen molar-refractivity contribution in [2.75, 3.05) is 28.4 Å². The average Bonchev–Trinajstić information content (AvgIpc) is 3.05. The second-order valence-electron chi connectivity index (χ2n) is 10.7. The third-order valence-electron chi connectivity index (χ3n) is 7.74. The van der Waals surface area contributed by atoms with Gasteiger partial charge in [-0.1, -0.05) is 101 Å². The van der Waals surface area contributed by atoms with Crippen LogP contribution < -0.4 is 0 Å². The fourth-order valence-corrected chi connectivity index (χ4v) is 12.0. The van der Waals surface area contributed by atoms with Gasteiger partial charge in [-0.2, -0.15) is 0 Å². The minimum Gasteiger partial charge on any atom is -0.397 e. The third kappa shape index (κ3) is 11.7. The zero-order chi connectivity index (χ0) is 33.2. The first-order valence-electron chi connectivity index (χ1n) is 15.6. The summed E-state index contributed by atoms with van der Waals surface area (Å²) in [4.78, 5) is 51.2. The molecular weight excluding hydrogens is 788 g/mol. The summed E-state index contributed by atoms with van der Waals surface area (Å²) in [5.41, 5.74) is -0.521. The van der Waals surface area contributed by atoms with Crippen LogP contribution in [-0.2, 0) is 48.4 Å². The van der Waals surface area contributed by atoms with Crippen molar-refractivity contribution < 1.29 is 57.9 Å². The second-order valence-corrected chi connectivity index (χ2v) is 17.7. The summed E-state index contributed by atoms with van der Waals surface area (Å²) in [6.07, 6.45) is 3.78. The van der Waals surface area contributed by atoms with E-state index in [0.717, 1.165) is 12.8 Å². The summed E-state index contributed by atoms with van der Waals surface area (Å²) in [5, 5.41) is 0. The molecule has 0 radical (unpaired) electrons. The molecule has 0 aromatic heterocycles. The van der Waals surface area contributed by atoms with Crippen LogP contribution in [0.25, 0.3) is 0 Å². The molecule has 0 heterocycles. The van der Waals surface area contributed by atoms with Gasteiger partial charge in [0.15, 0.2) is 11.6 Å². The van der Waals surface area contributed by atoms with E-state index >= 15 is 0 Å². The van der Waals surface area contributed by atoms with E-state index in [9.17, 15) is 19.2 Å². The van der Waals surface area contributed by atoms with Crippen LogP contribution in [0.1, 0.15) is 86.9 Å². The van der Waals surface area contributed by atoms with Crippen molar-refractivity contribution in [3.05, 3.63) is 71.8 Å². The van der Waals surface area contributed by atoms with Gasteiger partial charge in [-0.05, 0) is 24.9 Å². The number of ketones is 4. The fraction of sp³-hybridized carbons (Fsp3) is 0.529. The smallest absolute Gasteiger partial charge is 0.397 e. The van der Waals surface area contributed by atoms with Gasteiger partial charge in [0.1, 0.15) is 22.6 Å². The Morgan fingerprint density at radius 2 is 0.822 bits per heavy atom. The Balaban J connectivity index is 0.000000842. The van der Waals surface area contributed by atoms with E-state index < -0.39 is 28.2 Å². The maximum absolute atomic E-state index is 13.0. The van der Waals surface area contributed by atoms with Crippen molar-refractivity contribution in [2.24, 2.45) is 0 Å². The molecular formula is C34H52O8PtSi2+2. The number of carbonyl (C=O) groups is 4. The molecule has 0 saturated heterocycles. The molecule has 0 aliphatic carbocycles. The van der Waals surface area contributed by atoms with Gasteiger partial charge >= 0.3 is 38.2 Å². The van der Waals surface area contributed by atoms with Gasteiger partial charge < -0.3 is 17.7 Å². The summed E-state index contributed by atoms with van der Waals surface area (Å²) in [6, 6.07) is 19.1. The Labute approximate surface area is 286 Å². The zero-order valence-electron chi connectivity index (χ0n) is 28.2. The maximum atomic E-state index is 13.0. The molecule has 0 fully saturated rings. The van der Waals surface area contributed by atoms with Crippen LogP contribution in [0.15, 0.2) is 60.7 Å². The fourth-order valence-electron chi connectivity index (χ4n) is 5.53. The van der Waals surface area contributed by atoms with Gasteiger partial charge in [0.05, 0.1) is 0 Å². The average molecular weight is 840 g/mol. The number of hydrogen-bond acceptors (Lipinski definition) is 8. The van der Waals surface area contributed by atoms with E-state index in [1.807, 2.05) is 39.8 Å². The van der Waals surface area contributed by atoms with Gasteiger partial charge in [0, 0.05) is 52.4 Å². The minimum absolute atomic E-state index is 0. The number of carbonyl (C=O) groups excluding carboxylic acids is 4. The first kappa shape index (κ1) is 43.1. The van der Waals surface area contributed by atoms with Crippen LogP contribution in [0, 0.1) is 0 Å². The standard InChI is InChI=1S/2C17H26O4Si.Pt/c2*1-5-10-15(18)17(22(20-3,21-4)13-6-2)16(19)14-11-8-7-9-12-14;/h2*7-9,11-12,17H,5-6,10,13H2,1-4H3;/q;;+2. The molecule has 2 aromatic rings. The Morgan fingerprint density at radius 1 is 0.533 bits per heavy atom. The van der Waals surface area contributed by atoms with Crippen molar-refractivity contribution in [2.45, 2.75) is 89.4 Å². The summed E-state index contributed by atoms with van der Waals surface area (Å²) in [5.74, 6) is -0.494. The zero-order valence-corrected chi connectivity index (χ0v) is 32.4. The molecule has 0 N–H and O–H groups in total. The van der Waals surface area contributed by atoms with E-state index in [4.69, 9.17) is 17.7 Å². The van der Waals surface area contributed by atoms with Crippen molar-refractivity contribution in [1.29, 1.82) is 0 Å². The van der Waals surface area contributed by atoms with Gasteiger partial charge in [0.2, 0.25) is 0 Å². The van der Waals surface area contributed by atoms with Gasteiger partial charge in [0.25, 0.3) is 0 Å². The molecule has 0 amide bonds. The van der Waals surface area contributed by atoms with Crippen molar-refractivity contribution in [3.63, 3.8) is 0 Å². The Bertz CT molecular complexity index is 1060. The molecule has 0 saturated carbocycles. The Hall–Kier alpha value is -1.92. The first-order valence-corrected chi connectivity index (χ1v) is 19.8. The quantitative estimate of drug-likeness (QED) is 0.0768. The molecule has 11 heteroatoms. The molecule has 2 atom stereocenters. The minimum atomic E-state index is -2.92. The van der Waals surface area contributed by atoms with E-state index in [-0.39, 0.29) is 44.2 Å². The predicted octanol–water partition coefficient (Wildman–Crippen LogP) is 7.50. The van der Waals surface area contributed by atoms with Crippen molar-refractivity contribution in [1.82, 2.24) is 0 Å². The van der Waals surface area contributed by atoms with Crippen LogP contribution in [-0.4, -0.2) is 68.7 Å². The van der Waals surface area contributed by atoms with E-state index in [1.165, 1.54) is 0 Å². The second kappa shape index (κ2) is 22.6. The normalized spacial score (nSPS) is 12.6. The third-order valence-corrected chi connectivity index (χ3v) is 15.8. The Morgan fingerprint density at radius 3 is 1.04 bits per heavy atom. The molecule has 2 aromatic carbocycles. The summed E-state index contributed by atoms with van der Waals surface area (Å²) < 4.78 is 22.7. The molecule has 0 bridgehead atoms. The largest absolute Gasteiger partial charge is 2.00 e.